The average Bonchev–Trinajstić information content (AvgIpc) is 2.47. The Bertz CT molecular complexity index is 538. The van der Waals surface area contributed by atoms with Gasteiger partial charge in [0.2, 0.25) is 0 Å². The van der Waals surface area contributed by atoms with E-state index < -0.39 is 5.97 Å². The summed E-state index contributed by atoms with van der Waals surface area (Å²) >= 11 is 0. The van der Waals surface area contributed by atoms with Gasteiger partial charge < -0.3 is 9.84 Å². The number of aromatic hydroxyl groups is 1. The van der Waals surface area contributed by atoms with Crippen molar-refractivity contribution in [2.75, 3.05) is 7.11 Å². The summed E-state index contributed by atoms with van der Waals surface area (Å²) in [6.07, 6.45) is 6.68. The lowest BCUT2D eigenvalue weighted by Crippen LogP contribution is -2.00. The van der Waals surface area contributed by atoms with E-state index in [0.717, 1.165) is 24.7 Å². The molecule has 0 bridgehead atoms. The van der Waals surface area contributed by atoms with Crippen LogP contribution in [0, 0.1) is 0 Å². The fraction of sp³-hybridized carbons (Fsp3) is 0.333. The topological polar surface area (TPSA) is 63.6 Å². The van der Waals surface area contributed by atoms with Crippen molar-refractivity contribution in [1.82, 2.24) is 0 Å². The zero-order valence-corrected chi connectivity index (χ0v) is 13.6. The lowest BCUT2D eigenvalue weighted by atomic mass is 10.1. The maximum atomic E-state index is 10.9. The van der Waals surface area contributed by atoms with Gasteiger partial charge >= 0.3 is 5.97 Å². The molecule has 0 fully saturated rings. The minimum atomic E-state index is -0.525. The number of hydrogen-bond acceptors (Lipinski definition) is 4. The van der Waals surface area contributed by atoms with E-state index >= 15 is 0 Å². The number of allylic oxidation sites excluding steroid dienone is 4. The molecule has 120 valence electrons. The van der Waals surface area contributed by atoms with Gasteiger partial charge in [-0.2, -0.15) is 0 Å². The molecule has 0 unspecified atom stereocenters. The van der Waals surface area contributed by atoms with Crippen LogP contribution in [0.1, 0.15) is 44.0 Å². The van der Waals surface area contributed by atoms with Crippen LogP contribution in [0.5, 0.6) is 5.75 Å². The summed E-state index contributed by atoms with van der Waals surface area (Å²) in [5.74, 6) is -0.581. The fourth-order valence-corrected chi connectivity index (χ4v) is 1.54. The molecule has 0 spiro atoms. The van der Waals surface area contributed by atoms with Crippen LogP contribution in [0.4, 0.5) is 0 Å². The summed E-state index contributed by atoms with van der Waals surface area (Å²) in [7, 11) is 1.27. The Morgan fingerprint density at radius 1 is 1.23 bits per heavy atom. The van der Waals surface area contributed by atoms with Crippen LogP contribution < -0.4 is 0 Å². The number of para-hydroxylation sites is 1. The molecule has 0 aliphatic rings. The van der Waals surface area contributed by atoms with Crippen LogP contribution in [0.2, 0.25) is 0 Å². The molecule has 1 aromatic carbocycles. The van der Waals surface area contributed by atoms with Crippen LogP contribution in [0.25, 0.3) is 0 Å². The van der Waals surface area contributed by atoms with Crippen LogP contribution >= 0.6 is 0 Å². The van der Waals surface area contributed by atoms with Gasteiger partial charge in [0.05, 0.1) is 7.11 Å². The van der Waals surface area contributed by atoms with Crippen molar-refractivity contribution in [3.8, 4) is 5.75 Å². The molecule has 0 amide bonds. The zero-order valence-electron chi connectivity index (χ0n) is 13.6. The van der Waals surface area contributed by atoms with Gasteiger partial charge in [0.25, 0.3) is 0 Å². The molecule has 0 saturated heterocycles. The van der Waals surface area contributed by atoms with Gasteiger partial charge in [-0.3, -0.25) is 4.79 Å². The predicted octanol–water partition coefficient (Wildman–Crippen LogP) is 4.06. The number of methoxy groups -OCH3 is 1. The summed E-state index contributed by atoms with van der Waals surface area (Å²) in [5.41, 5.74) is 2.68. The number of benzene rings is 1. The lowest BCUT2D eigenvalue weighted by Gasteiger charge is -1.99. The molecule has 0 heterocycles. The van der Waals surface area contributed by atoms with Gasteiger partial charge in [-0.25, -0.2) is 4.79 Å². The van der Waals surface area contributed by atoms with Crippen LogP contribution in [-0.2, 0) is 9.53 Å². The van der Waals surface area contributed by atoms with Crippen molar-refractivity contribution >= 4 is 12.3 Å². The number of rotatable bonds is 5. The fourth-order valence-electron chi connectivity index (χ4n) is 1.54. The highest BCUT2D eigenvalue weighted by Gasteiger charge is 2.08. The van der Waals surface area contributed by atoms with E-state index in [4.69, 9.17) is 5.11 Å². The average molecular weight is 304 g/mol. The van der Waals surface area contributed by atoms with Crippen LogP contribution in [-0.4, -0.2) is 24.5 Å². The Kier molecular flexibility index (Phi) is 10.1. The SMILES string of the molecule is CC(C)=CCC/C(C)=C/C=O.COC(=O)c1ccccc1O. The molecule has 4 nitrogen and oxygen atoms in total. The molecule has 0 aliphatic carbocycles. The number of aldehydes is 1. The molecular formula is C18H24O4. The number of carbonyl (C=O) groups excluding carboxylic acids is 2. The number of hydrogen-bond donors (Lipinski definition) is 1. The maximum Gasteiger partial charge on any atom is 0.341 e. The van der Waals surface area contributed by atoms with E-state index in [-0.39, 0.29) is 11.3 Å². The van der Waals surface area contributed by atoms with E-state index in [2.05, 4.69) is 24.7 Å². The Hall–Kier alpha value is -2.36. The van der Waals surface area contributed by atoms with Gasteiger partial charge in [-0.15, -0.1) is 0 Å². The predicted molar refractivity (Wildman–Crippen MR) is 87.9 cm³/mol. The third-order valence-electron chi connectivity index (χ3n) is 2.75. The van der Waals surface area contributed by atoms with Gasteiger partial charge in [0.15, 0.2) is 0 Å². The van der Waals surface area contributed by atoms with Crippen molar-refractivity contribution in [2.24, 2.45) is 0 Å². The monoisotopic (exact) mass is 304 g/mol. The zero-order chi connectivity index (χ0) is 17.0. The number of ether oxygens (including phenoxy) is 1. The molecule has 22 heavy (non-hydrogen) atoms. The number of carbonyl (C=O) groups is 2. The van der Waals surface area contributed by atoms with Crippen LogP contribution in [0.3, 0.4) is 0 Å². The number of phenolic OH excluding ortho intramolecular Hbond substituents is 1. The highest BCUT2D eigenvalue weighted by Crippen LogP contribution is 2.15. The minimum Gasteiger partial charge on any atom is -0.507 e. The largest absolute Gasteiger partial charge is 0.507 e. The van der Waals surface area contributed by atoms with Crippen molar-refractivity contribution in [3.63, 3.8) is 0 Å². The summed E-state index contributed by atoms with van der Waals surface area (Å²) in [5, 5.41) is 9.11. The van der Waals surface area contributed by atoms with Crippen molar-refractivity contribution in [3.05, 3.63) is 53.1 Å². The molecule has 0 aromatic heterocycles. The second-order valence-electron chi connectivity index (χ2n) is 4.98. The third kappa shape index (κ3) is 8.74. The van der Waals surface area contributed by atoms with E-state index in [1.807, 2.05) is 6.92 Å². The molecule has 0 radical (unpaired) electrons. The van der Waals surface area contributed by atoms with Gasteiger partial charge in [0, 0.05) is 0 Å². The van der Waals surface area contributed by atoms with Gasteiger partial charge in [-0.05, 0) is 51.8 Å². The number of esters is 1. The summed E-state index contributed by atoms with van der Waals surface area (Å²) in [6, 6.07) is 6.24. The van der Waals surface area contributed by atoms with E-state index in [0.29, 0.717) is 0 Å². The molecule has 4 heteroatoms. The maximum absolute atomic E-state index is 10.9. The Balaban J connectivity index is 0.000000401. The van der Waals surface area contributed by atoms with E-state index in [9.17, 15) is 9.59 Å². The first-order valence-corrected chi connectivity index (χ1v) is 7.03. The molecule has 0 atom stereocenters. The van der Waals surface area contributed by atoms with Gasteiger partial charge in [0.1, 0.15) is 17.6 Å². The van der Waals surface area contributed by atoms with E-state index in [1.54, 1.807) is 18.2 Å². The van der Waals surface area contributed by atoms with Crippen LogP contribution in [0.15, 0.2) is 47.6 Å². The Labute approximate surface area is 132 Å². The summed E-state index contributed by atoms with van der Waals surface area (Å²) in [6.45, 7) is 6.14. The normalized spacial score (nSPS) is 10.1. The smallest absolute Gasteiger partial charge is 0.341 e. The first-order chi connectivity index (χ1) is 10.4. The molecule has 1 rings (SSSR count). The summed E-state index contributed by atoms with van der Waals surface area (Å²) < 4.78 is 4.42. The van der Waals surface area contributed by atoms with E-state index in [1.165, 1.54) is 24.8 Å². The molecule has 0 aliphatic heterocycles. The molecule has 1 aromatic rings. The first-order valence-electron chi connectivity index (χ1n) is 7.03. The van der Waals surface area contributed by atoms with Crippen molar-refractivity contribution in [1.29, 1.82) is 0 Å². The third-order valence-corrected chi connectivity index (χ3v) is 2.75. The highest BCUT2D eigenvalue weighted by molar-refractivity contribution is 5.92. The second-order valence-corrected chi connectivity index (χ2v) is 4.98. The Morgan fingerprint density at radius 3 is 2.36 bits per heavy atom. The number of phenols is 1. The molecule has 1 N–H and O–H groups in total. The standard InChI is InChI=1S/C10H16O.C8H8O3/c1-9(2)5-4-6-10(3)7-8-11;1-11-8(10)6-4-2-3-5-7(6)9/h5,7-8H,4,6H2,1-3H3;2-5,9H,1H3/b10-7+;. The molecule has 0 saturated carbocycles. The second kappa shape index (κ2) is 11.3. The minimum absolute atomic E-state index is 0.0562. The quantitative estimate of drug-likeness (QED) is 0.386. The van der Waals surface area contributed by atoms with Crippen molar-refractivity contribution < 1.29 is 19.4 Å². The highest BCUT2D eigenvalue weighted by atomic mass is 16.5. The Morgan fingerprint density at radius 2 is 1.86 bits per heavy atom. The summed E-state index contributed by atoms with van der Waals surface area (Å²) in [4.78, 5) is 20.9. The molecular weight excluding hydrogens is 280 g/mol. The van der Waals surface area contributed by atoms with Crippen molar-refractivity contribution in [2.45, 2.75) is 33.6 Å². The van der Waals surface area contributed by atoms with Gasteiger partial charge in [-0.1, -0.05) is 29.4 Å². The first kappa shape index (κ1) is 19.6. The lowest BCUT2D eigenvalue weighted by molar-refractivity contribution is -0.104.